The molecule has 1 aliphatic rings. The molecular weight excluding hydrogens is 394 g/mol. The molecule has 150 valence electrons. The number of pyridine rings is 1. The minimum atomic E-state index is -0.429. The molecule has 5 aromatic rings. The second-order valence-corrected chi connectivity index (χ2v) is 7.56. The quantitative estimate of drug-likeness (QED) is 0.287. The molecule has 0 spiro atoms. The predicted octanol–water partition coefficient (Wildman–Crippen LogP) is 4.55. The first-order chi connectivity index (χ1) is 15.1. The molecule has 0 bridgehead atoms. The second-order valence-electron chi connectivity index (χ2n) is 7.56. The number of para-hydroxylation sites is 1. The lowest BCUT2D eigenvalue weighted by molar-refractivity contribution is -0.384. The molecular formula is C23H15N5O3. The van der Waals surface area contributed by atoms with Crippen molar-refractivity contribution in [2.45, 2.75) is 5.92 Å². The summed E-state index contributed by atoms with van der Waals surface area (Å²) in [6, 6.07) is 18.0. The molecule has 31 heavy (non-hydrogen) atoms. The van der Waals surface area contributed by atoms with Gasteiger partial charge >= 0.3 is 0 Å². The zero-order chi connectivity index (χ0) is 21.1. The summed E-state index contributed by atoms with van der Waals surface area (Å²) in [4.78, 5) is 27.0. The Morgan fingerprint density at radius 3 is 2.58 bits per heavy atom. The van der Waals surface area contributed by atoms with Gasteiger partial charge in [0.15, 0.2) is 0 Å². The molecule has 1 unspecified atom stereocenters. The van der Waals surface area contributed by atoms with Gasteiger partial charge in [-0.1, -0.05) is 30.3 Å². The fourth-order valence-corrected chi connectivity index (χ4v) is 4.51. The number of nitrogens with one attached hydrogen (secondary N) is 3. The van der Waals surface area contributed by atoms with Crippen LogP contribution in [0.25, 0.3) is 21.8 Å². The van der Waals surface area contributed by atoms with E-state index in [0.29, 0.717) is 5.56 Å². The van der Waals surface area contributed by atoms with Crippen LogP contribution < -0.4 is 10.9 Å². The number of H-pyrrole nitrogens is 2. The standard InChI is InChI=1S/C23H15N5O3/c29-23-20-18(12-5-8-14(9-6-12)28(30)31)19-17(10-7-13-11-24-27-21(13)19)25-22(20)15-3-1-2-4-16(15)26-23/h1-11,18,25H,(H,24,27)(H,26,29). The lowest BCUT2D eigenvalue weighted by Gasteiger charge is -2.30. The molecule has 8 heteroatoms. The normalized spacial score (nSPS) is 14.8. The van der Waals surface area contributed by atoms with Crippen LogP contribution in [0.15, 0.2) is 71.7 Å². The van der Waals surface area contributed by atoms with Crippen LogP contribution in [0, 0.1) is 10.1 Å². The van der Waals surface area contributed by atoms with Crippen molar-refractivity contribution in [3.63, 3.8) is 0 Å². The summed E-state index contributed by atoms with van der Waals surface area (Å²) in [7, 11) is 0. The van der Waals surface area contributed by atoms with Gasteiger partial charge in [-0.2, -0.15) is 5.10 Å². The van der Waals surface area contributed by atoms with E-state index < -0.39 is 10.8 Å². The van der Waals surface area contributed by atoms with Crippen LogP contribution in [0.5, 0.6) is 0 Å². The van der Waals surface area contributed by atoms with Gasteiger partial charge in [-0.25, -0.2) is 0 Å². The number of nitro groups is 1. The highest BCUT2D eigenvalue weighted by Crippen LogP contribution is 2.47. The zero-order valence-corrected chi connectivity index (χ0v) is 16.0. The van der Waals surface area contributed by atoms with Crippen LogP contribution in [0.1, 0.15) is 22.6 Å². The molecule has 3 N–H and O–H groups in total. The molecule has 0 amide bonds. The first-order valence-corrected chi connectivity index (χ1v) is 9.74. The molecule has 6 rings (SSSR count). The van der Waals surface area contributed by atoms with Crippen molar-refractivity contribution in [3.8, 4) is 0 Å². The Balaban J connectivity index is 1.71. The van der Waals surface area contributed by atoms with Crippen molar-refractivity contribution in [2.75, 3.05) is 5.32 Å². The Bertz CT molecular complexity index is 1570. The van der Waals surface area contributed by atoms with Crippen LogP contribution in [0.3, 0.4) is 0 Å². The van der Waals surface area contributed by atoms with Gasteiger partial charge in [0.25, 0.3) is 11.2 Å². The van der Waals surface area contributed by atoms with Gasteiger partial charge in [0.05, 0.1) is 33.4 Å². The summed E-state index contributed by atoms with van der Waals surface area (Å²) in [5, 5.41) is 23.7. The van der Waals surface area contributed by atoms with E-state index in [9.17, 15) is 14.9 Å². The molecule has 3 heterocycles. The average Bonchev–Trinajstić information content (AvgIpc) is 3.27. The molecule has 0 saturated heterocycles. The van der Waals surface area contributed by atoms with Gasteiger partial charge < -0.3 is 10.3 Å². The van der Waals surface area contributed by atoms with Crippen LogP contribution in [-0.4, -0.2) is 20.1 Å². The Kier molecular flexibility index (Phi) is 3.52. The maximum absolute atomic E-state index is 13.3. The topological polar surface area (TPSA) is 117 Å². The monoisotopic (exact) mass is 409 g/mol. The number of hydrogen-bond donors (Lipinski definition) is 3. The van der Waals surface area contributed by atoms with Crippen molar-refractivity contribution in [3.05, 3.63) is 104 Å². The number of benzene rings is 3. The SMILES string of the molecule is O=c1[nH]c2ccccc2c2c1C(c1ccc([N+](=O)[O-])cc1)c1c(ccc3cn[nH]c13)N2. The van der Waals surface area contributed by atoms with E-state index in [1.165, 1.54) is 12.1 Å². The maximum Gasteiger partial charge on any atom is 0.269 e. The minimum absolute atomic E-state index is 0.00491. The number of anilines is 2. The van der Waals surface area contributed by atoms with E-state index in [1.54, 1.807) is 18.3 Å². The highest BCUT2D eigenvalue weighted by molar-refractivity contribution is 6.00. The molecule has 1 atom stereocenters. The molecule has 2 aromatic heterocycles. The summed E-state index contributed by atoms with van der Waals surface area (Å²) in [5.41, 5.74) is 5.23. The van der Waals surface area contributed by atoms with Crippen LogP contribution in [0.4, 0.5) is 17.1 Å². The van der Waals surface area contributed by atoms with E-state index in [1.807, 2.05) is 36.4 Å². The summed E-state index contributed by atoms with van der Waals surface area (Å²) in [5.74, 6) is -0.426. The van der Waals surface area contributed by atoms with Crippen molar-refractivity contribution < 1.29 is 4.92 Å². The van der Waals surface area contributed by atoms with E-state index in [-0.39, 0.29) is 11.2 Å². The highest BCUT2D eigenvalue weighted by atomic mass is 16.6. The third-order valence-electron chi connectivity index (χ3n) is 5.89. The molecule has 0 saturated carbocycles. The molecule has 0 aliphatic carbocycles. The molecule has 1 aliphatic heterocycles. The number of nitrogens with zero attached hydrogens (tertiary/aromatic N) is 2. The maximum atomic E-state index is 13.3. The number of fused-ring (bicyclic) bond motifs is 6. The predicted molar refractivity (Wildman–Crippen MR) is 118 cm³/mol. The van der Waals surface area contributed by atoms with E-state index >= 15 is 0 Å². The average molecular weight is 409 g/mol. The van der Waals surface area contributed by atoms with Gasteiger partial charge in [-0.3, -0.25) is 20.0 Å². The van der Waals surface area contributed by atoms with E-state index in [4.69, 9.17) is 0 Å². The van der Waals surface area contributed by atoms with E-state index in [0.717, 1.165) is 44.3 Å². The number of aromatic nitrogens is 3. The van der Waals surface area contributed by atoms with Crippen molar-refractivity contribution in [1.29, 1.82) is 0 Å². The van der Waals surface area contributed by atoms with Gasteiger partial charge in [-0.05, 0) is 23.8 Å². The fourth-order valence-electron chi connectivity index (χ4n) is 4.51. The molecule has 3 aromatic carbocycles. The lowest BCUT2D eigenvalue weighted by atomic mass is 9.80. The van der Waals surface area contributed by atoms with Gasteiger partial charge in [0.2, 0.25) is 0 Å². The smallest absolute Gasteiger partial charge is 0.269 e. The van der Waals surface area contributed by atoms with E-state index in [2.05, 4.69) is 20.5 Å². The van der Waals surface area contributed by atoms with Crippen molar-refractivity contribution in [2.24, 2.45) is 0 Å². The Labute approximate surface area is 174 Å². The van der Waals surface area contributed by atoms with Gasteiger partial charge in [0, 0.05) is 40.1 Å². The van der Waals surface area contributed by atoms with Crippen LogP contribution in [0.2, 0.25) is 0 Å². The fraction of sp³-hybridized carbons (Fsp3) is 0.0435. The summed E-state index contributed by atoms with van der Waals surface area (Å²) < 4.78 is 0. The van der Waals surface area contributed by atoms with Crippen LogP contribution in [-0.2, 0) is 0 Å². The largest absolute Gasteiger partial charge is 0.354 e. The van der Waals surface area contributed by atoms with Gasteiger partial charge in [0.1, 0.15) is 0 Å². The zero-order valence-electron chi connectivity index (χ0n) is 16.0. The number of rotatable bonds is 2. The third-order valence-corrected chi connectivity index (χ3v) is 5.89. The number of nitro benzene ring substituents is 1. The molecule has 0 radical (unpaired) electrons. The summed E-state index contributed by atoms with van der Waals surface area (Å²) in [6.45, 7) is 0. The third kappa shape index (κ3) is 2.48. The first-order valence-electron chi connectivity index (χ1n) is 9.74. The van der Waals surface area contributed by atoms with Crippen molar-refractivity contribution >= 4 is 38.9 Å². The summed E-state index contributed by atoms with van der Waals surface area (Å²) >= 11 is 0. The Hall–Kier alpha value is -4.46. The second kappa shape index (κ2) is 6.27. The highest BCUT2D eigenvalue weighted by Gasteiger charge is 2.33. The number of non-ortho nitro benzene ring substituents is 1. The molecule has 8 nitrogen and oxygen atoms in total. The molecule has 0 fully saturated rings. The van der Waals surface area contributed by atoms with Crippen molar-refractivity contribution in [1.82, 2.24) is 15.2 Å². The lowest BCUT2D eigenvalue weighted by Crippen LogP contribution is -2.25. The Morgan fingerprint density at radius 2 is 1.77 bits per heavy atom. The summed E-state index contributed by atoms with van der Waals surface area (Å²) in [6.07, 6.45) is 1.74. The number of aromatic amines is 2. The number of hydrogen-bond acceptors (Lipinski definition) is 5. The van der Waals surface area contributed by atoms with Crippen LogP contribution >= 0.6 is 0 Å². The van der Waals surface area contributed by atoms with Gasteiger partial charge in [-0.15, -0.1) is 0 Å². The Morgan fingerprint density at radius 1 is 0.968 bits per heavy atom. The first kappa shape index (κ1) is 17.4. The minimum Gasteiger partial charge on any atom is -0.354 e.